The highest BCUT2D eigenvalue weighted by molar-refractivity contribution is 6.31. The first kappa shape index (κ1) is 24.0. The Balaban J connectivity index is 1.65. The molecule has 0 radical (unpaired) electrons. The zero-order chi connectivity index (χ0) is 24.2. The molecule has 0 unspecified atom stereocenters. The van der Waals surface area contributed by atoms with E-state index >= 15 is 0 Å². The highest BCUT2D eigenvalue weighted by Gasteiger charge is 2.29. The number of halogens is 1. The maximum Gasteiger partial charge on any atom is 0.336 e. The van der Waals surface area contributed by atoms with Crippen LogP contribution in [0.4, 0.5) is 0 Å². The summed E-state index contributed by atoms with van der Waals surface area (Å²) in [5.74, 6) is -1.32. The fraction of sp³-hybridized carbons (Fsp3) is 0.370. The van der Waals surface area contributed by atoms with Crippen molar-refractivity contribution in [2.24, 2.45) is 5.92 Å². The summed E-state index contributed by atoms with van der Waals surface area (Å²) in [5, 5.41) is 9.71. The van der Waals surface area contributed by atoms with Gasteiger partial charge in [0.15, 0.2) is 0 Å². The van der Waals surface area contributed by atoms with E-state index in [1.807, 2.05) is 31.2 Å². The molecule has 6 nitrogen and oxygen atoms in total. The predicted molar refractivity (Wildman–Crippen MR) is 133 cm³/mol. The number of carboxylic acids is 1. The molecule has 0 atom stereocenters. The van der Waals surface area contributed by atoms with E-state index in [0.717, 1.165) is 49.7 Å². The third kappa shape index (κ3) is 4.73. The molecule has 2 aromatic carbocycles. The van der Waals surface area contributed by atoms with E-state index in [4.69, 9.17) is 11.6 Å². The molecule has 0 aliphatic heterocycles. The van der Waals surface area contributed by atoms with E-state index in [0.29, 0.717) is 24.2 Å². The summed E-state index contributed by atoms with van der Waals surface area (Å²) < 4.78 is 2.78. The largest absolute Gasteiger partial charge is 0.478 e. The van der Waals surface area contributed by atoms with E-state index in [2.05, 4.69) is 0 Å². The molecule has 34 heavy (non-hydrogen) atoms. The molecule has 1 saturated carbocycles. The van der Waals surface area contributed by atoms with Crippen LogP contribution in [0.5, 0.6) is 0 Å². The first-order chi connectivity index (χ1) is 16.4. The molecule has 1 aliphatic rings. The molecule has 0 saturated heterocycles. The predicted octanol–water partition coefficient (Wildman–Crippen LogP) is 5.89. The molecule has 0 spiro atoms. The van der Waals surface area contributed by atoms with Crippen molar-refractivity contribution in [3.8, 4) is 11.1 Å². The van der Waals surface area contributed by atoms with Crippen molar-refractivity contribution in [3.05, 3.63) is 81.0 Å². The Hall–Kier alpha value is -3.12. The summed E-state index contributed by atoms with van der Waals surface area (Å²) in [6.07, 6.45) is 6.13. The monoisotopic (exact) mass is 480 g/mol. The van der Waals surface area contributed by atoms with Crippen molar-refractivity contribution in [1.82, 2.24) is 9.13 Å². The summed E-state index contributed by atoms with van der Waals surface area (Å²) in [4.78, 5) is 38.1. The lowest BCUT2D eigenvalue weighted by Gasteiger charge is -2.20. The van der Waals surface area contributed by atoms with Crippen LogP contribution in [0.1, 0.15) is 71.9 Å². The topological polar surface area (TPSA) is 81.3 Å². The third-order valence-corrected chi connectivity index (χ3v) is 6.99. The van der Waals surface area contributed by atoms with Crippen LogP contribution in [0.15, 0.2) is 53.3 Å². The minimum Gasteiger partial charge on any atom is -0.478 e. The summed E-state index contributed by atoms with van der Waals surface area (Å²) >= 11 is 6.61. The van der Waals surface area contributed by atoms with Gasteiger partial charge in [0.05, 0.1) is 17.8 Å². The van der Waals surface area contributed by atoms with Crippen LogP contribution >= 0.6 is 11.6 Å². The van der Waals surface area contributed by atoms with E-state index in [1.165, 1.54) is 4.57 Å². The van der Waals surface area contributed by atoms with Gasteiger partial charge in [-0.15, -0.1) is 0 Å². The molecular formula is C27H29ClN2O4. The smallest absolute Gasteiger partial charge is 0.336 e. The minimum atomic E-state index is -0.978. The van der Waals surface area contributed by atoms with Gasteiger partial charge in [-0.1, -0.05) is 86.7 Å². The summed E-state index contributed by atoms with van der Waals surface area (Å²) in [6.45, 7) is 2.31. The molecule has 1 fully saturated rings. The zero-order valence-corrected chi connectivity index (χ0v) is 20.1. The number of carbonyl (C=O) groups excluding carboxylic acids is 1. The molecule has 1 aromatic heterocycles. The molecule has 1 heterocycles. The van der Waals surface area contributed by atoms with Crippen LogP contribution in [0.3, 0.4) is 0 Å². The Kier molecular flexibility index (Phi) is 7.37. The SMILES string of the molecule is CCCc1c(Cl)n(C(=O)C2CCCCC2)c(=O)n1Cc1ccc(-c2ccccc2C(=O)O)cc1. The van der Waals surface area contributed by atoms with Crippen LogP contribution in [0.2, 0.25) is 5.15 Å². The number of carboxylic acid groups (broad SMARTS) is 1. The Bertz CT molecular complexity index is 1250. The molecule has 178 valence electrons. The zero-order valence-electron chi connectivity index (χ0n) is 19.3. The number of hydrogen-bond acceptors (Lipinski definition) is 3. The van der Waals surface area contributed by atoms with Gasteiger partial charge in [0, 0.05) is 5.92 Å². The molecule has 1 aliphatic carbocycles. The molecule has 0 amide bonds. The molecule has 3 aromatic rings. The second kappa shape index (κ2) is 10.4. The maximum atomic E-state index is 13.3. The van der Waals surface area contributed by atoms with Crippen LogP contribution in [-0.2, 0) is 13.0 Å². The first-order valence-corrected chi connectivity index (χ1v) is 12.3. The van der Waals surface area contributed by atoms with E-state index in [-0.39, 0.29) is 28.2 Å². The van der Waals surface area contributed by atoms with Gasteiger partial charge in [0.25, 0.3) is 0 Å². The fourth-order valence-electron chi connectivity index (χ4n) is 4.82. The quantitative estimate of drug-likeness (QED) is 0.457. The Morgan fingerprint density at radius 1 is 1.03 bits per heavy atom. The van der Waals surface area contributed by atoms with Gasteiger partial charge in [-0.3, -0.25) is 9.36 Å². The van der Waals surface area contributed by atoms with Gasteiger partial charge >= 0.3 is 11.7 Å². The van der Waals surface area contributed by atoms with Crippen molar-refractivity contribution in [2.75, 3.05) is 0 Å². The number of carbonyl (C=O) groups is 2. The first-order valence-electron chi connectivity index (χ1n) is 11.9. The number of rotatable bonds is 7. The normalized spacial score (nSPS) is 14.3. The molecule has 1 N–H and O–H groups in total. The number of aromatic carboxylic acids is 1. The van der Waals surface area contributed by atoms with Crippen LogP contribution < -0.4 is 5.69 Å². The number of nitrogens with zero attached hydrogens (tertiary/aromatic N) is 2. The van der Waals surface area contributed by atoms with Crippen LogP contribution in [0.25, 0.3) is 11.1 Å². The van der Waals surface area contributed by atoms with Gasteiger partial charge in [-0.2, -0.15) is 0 Å². The van der Waals surface area contributed by atoms with E-state index in [9.17, 15) is 19.5 Å². The van der Waals surface area contributed by atoms with Gasteiger partial charge in [0.1, 0.15) is 5.15 Å². The number of imidazole rings is 1. The van der Waals surface area contributed by atoms with Crippen LogP contribution in [0, 0.1) is 5.92 Å². The Morgan fingerprint density at radius 2 is 1.71 bits per heavy atom. The second-order valence-corrected chi connectivity index (χ2v) is 9.27. The lowest BCUT2D eigenvalue weighted by molar-refractivity contribution is 0.0697. The van der Waals surface area contributed by atoms with Crippen LogP contribution in [-0.4, -0.2) is 26.1 Å². The van der Waals surface area contributed by atoms with E-state index < -0.39 is 5.97 Å². The average Bonchev–Trinajstić information content (AvgIpc) is 3.08. The second-order valence-electron chi connectivity index (χ2n) is 8.91. The molecule has 7 heteroatoms. The minimum absolute atomic E-state index is 0.150. The lowest BCUT2D eigenvalue weighted by Crippen LogP contribution is -2.34. The number of aromatic nitrogens is 2. The van der Waals surface area contributed by atoms with Gasteiger partial charge < -0.3 is 5.11 Å². The Morgan fingerprint density at radius 3 is 2.35 bits per heavy atom. The van der Waals surface area contributed by atoms with Gasteiger partial charge in [-0.05, 0) is 42.0 Å². The maximum absolute atomic E-state index is 13.3. The number of hydrogen-bond donors (Lipinski definition) is 1. The fourth-order valence-corrected chi connectivity index (χ4v) is 5.17. The molecular weight excluding hydrogens is 452 g/mol. The molecule has 4 rings (SSSR count). The third-order valence-electron chi connectivity index (χ3n) is 6.61. The lowest BCUT2D eigenvalue weighted by atomic mass is 9.88. The summed E-state index contributed by atoms with van der Waals surface area (Å²) in [7, 11) is 0. The number of benzene rings is 2. The van der Waals surface area contributed by atoms with Gasteiger partial charge in [0.2, 0.25) is 5.91 Å². The van der Waals surface area contributed by atoms with Crippen molar-refractivity contribution in [1.29, 1.82) is 0 Å². The Labute approximate surface area is 203 Å². The highest BCUT2D eigenvalue weighted by atomic mass is 35.5. The summed E-state index contributed by atoms with van der Waals surface area (Å²) in [6, 6.07) is 14.3. The van der Waals surface area contributed by atoms with Crippen molar-refractivity contribution in [2.45, 2.75) is 58.4 Å². The standard InChI is InChI=1S/C27H29ClN2O4/c1-2-8-23-24(28)30(25(31)20-9-4-3-5-10-20)27(34)29(23)17-18-13-15-19(16-14-18)21-11-6-7-12-22(21)26(32)33/h6-7,11-16,20H,2-5,8-10,17H2,1H3,(H,32,33). The average molecular weight is 481 g/mol. The molecule has 0 bridgehead atoms. The van der Waals surface area contributed by atoms with E-state index in [1.54, 1.807) is 28.8 Å². The van der Waals surface area contributed by atoms with Crippen molar-refractivity contribution >= 4 is 23.5 Å². The van der Waals surface area contributed by atoms with Crippen molar-refractivity contribution < 1.29 is 14.7 Å². The van der Waals surface area contributed by atoms with Crippen molar-refractivity contribution in [3.63, 3.8) is 0 Å². The van der Waals surface area contributed by atoms with Gasteiger partial charge in [-0.25, -0.2) is 14.2 Å². The highest BCUT2D eigenvalue weighted by Crippen LogP contribution is 2.28. The summed E-state index contributed by atoms with van der Waals surface area (Å²) in [5.41, 5.74) is 2.82.